The minimum atomic E-state index is -1.06. The molecule has 0 radical (unpaired) electrons. The fourth-order valence-electron chi connectivity index (χ4n) is 6.22. The molecule has 0 saturated carbocycles. The van der Waals surface area contributed by atoms with E-state index in [1.165, 1.54) is 50.6 Å². The highest BCUT2D eigenvalue weighted by atomic mass is 32.2. The summed E-state index contributed by atoms with van der Waals surface area (Å²) in [7, 11) is 0. The molecule has 3 saturated heterocycles. The van der Waals surface area contributed by atoms with Gasteiger partial charge in [0.25, 0.3) is 0 Å². The van der Waals surface area contributed by atoms with E-state index in [9.17, 15) is 14.4 Å². The van der Waals surface area contributed by atoms with Gasteiger partial charge in [-0.2, -0.15) is 11.8 Å². The van der Waals surface area contributed by atoms with Crippen molar-refractivity contribution in [2.45, 2.75) is 102 Å². The summed E-state index contributed by atoms with van der Waals surface area (Å²) < 4.78 is 25.5. The van der Waals surface area contributed by atoms with E-state index < -0.39 is 54.3 Å². The van der Waals surface area contributed by atoms with Gasteiger partial charge < -0.3 is 39.8 Å². The van der Waals surface area contributed by atoms with Gasteiger partial charge in [0.05, 0.1) is 6.33 Å². The second kappa shape index (κ2) is 14.6. The van der Waals surface area contributed by atoms with Crippen LogP contribution in [0.5, 0.6) is 0 Å². The zero-order chi connectivity index (χ0) is 33.0. The number of hydrogen-bond donors (Lipinski definition) is 2. The topological polar surface area (TPSA) is 176 Å². The number of carbonyl (C=O) groups excluding carboxylic acids is 3. The Kier molecular flexibility index (Phi) is 10.8. The van der Waals surface area contributed by atoms with E-state index in [1.54, 1.807) is 30.2 Å². The molecule has 5 heterocycles. The van der Waals surface area contributed by atoms with Crippen LogP contribution in [-0.4, -0.2) is 122 Å². The van der Waals surface area contributed by atoms with Crippen LogP contribution in [-0.2, 0) is 23.7 Å². The largest absolute Gasteiger partial charge is 0.454 e. The molecular formula is C30H46N8O7S. The fourth-order valence-corrected chi connectivity index (χ4v) is 6.82. The van der Waals surface area contributed by atoms with Gasteiger partial charge in [-0.3, -0.25) is 4.57 Å². The summed E-state index contributed by atoms with van der Waals surface area (Å²) in [4.78, 5) is 56.4. The Morgan fingerprint density at radius 1 is 1.07 bits per heavy atom. The number of fused-ring (bicyclic) bond motifs is 1. The van der Waals surface area contributed by atoms with Crippen LogP contribution >= 0.6 is 11.8 Å². The lowest BCUT2D eigenvalue weighted by atomic mass is 10.0. The number of hydrogen-bond acceptors (Lipinski definition) is 13. The van der Waals surface area contributed by atoms with Gasteiger partial charge in [0.2, 0.25) is 0 Å². The number of aromatic nitrogens is 4. The summed E-state index contributed by atoms with van der Waals surface area (Å²) in [5.41, 5.74) is 6.05. The van der Waals surface area contributed by atoms with Crippen LogP contribution in [0.4, 0.5) is 15.4 Å². The molecule has 0 spiro atoms. The Morgan fingerprint density at radius 3 is 2.46 bits per heavy atom. The molecule has 46 heavy (non-hydrogen) atoms. The van der Waals surface area contributed by atoms with Crippen LogP contribution in [0.15, 0.2) is 12.7 Å². The van der Waals surface area contributed by atoms with E-state index in [0.29, 0.717) is 36.0 Å². The number of likely N-dealkylation sites (tertiary alicyclic amines) is 2. The van der Waals surface area contributed by atoms with E-state index in [0.717, 1.165) is 25.9 Å². The third-order valence-corrected chi connectivity index (χ3v) is 9.15. The Morgan fingerprint density at radius 2 is 1.78 bits per heavy atom. The zero-order valence-corrected chi connectivity index (χ0v) is 28.0. The summed E-state index contributed by atoms with van der Waals surface area (Å²) in [5.74, 6) is -0.101. The summed E-state index contributed by atoms with van der Waals surface area (Å²) >= 11 is 1.49. The smallest absolute Gasteiger partial charge is 0.410 e. The lowest BCUT2D eigenvalue weighted by Crippen LogP contribution is -2.50. The van der Waals surface area contributed by atoms with Crippen LogP contribution in [0.25, 0.3) is 11.2 Å². The zero-order valence-electron chi connectivity index (χ0n) is 27.2. The first kappa shape index (κ1) is 34.0. The number of alkyl carbamates (subject to hydrolysis) is 1. The van der Waals surface area contributed by atoms with Gasteiger partial charge in [0.1, 0.15) is 29.6 Å². The molecule has 0 aliphatic carbocycles. The van der Waals surface area contributed by atoms with Crippen molar-refractivity contribution in [3.8, 4) is 0 Å². The fraction of sp³-hybridized carbons (Fsp3) is 0.733. The number of ether oxygens (including phenoxy) is 4. The molecule has 3 N–H and O–H groups in total. The third-order valence-electron chi connectivity index (χ3n) is 8.48. The van der Waals surface area contributed by atoms with E-state index in [4.69, 9.17) is 24.7 Å². The number of carbonyl (C=O) groups is 3. The first-order valence-electron chi connectivity index (χ1n) is 15.9. The maximum absolute atomic E-state index is 13.7. The Balaban J connectivity index is 1.36. The van der Waals surface area contributed by atoms with Gasteiger partial charge >= 0.3 is 18.2 Å². The highest BCUT2D eigenvalue weighted by Gasteiger charge is 2.51. The molecular weight excluding hydrogens is 616 g/mol. The van der Waals surface area contributed by atoms with Crippen molar-refractivity contribution < 1.29 is 33.3 Å². The molecule has 0 unspecified atom stereocenters. The number of imidazole rings is 1. The van der Waals surface area contributed by atoms with Gasteiger partial charge in [0, 0.05) is 24.9 Å². The Labute approximate surface area is 273 Å². The first-order valence-corrected chi connectivity index (χ1v) is 17.3. The second-order valence-electron chi connectivity index (χ2n) is 13.0. The van der Waals surface area contributed by atoms with Crippen molar-refractivity contribution in [2.24, 2.45) is 0 Å². The SMILES string of the molecule is CSC[C@H]1O[C@@H](n2cnc3c(N)ncnc32)[C@H](OC(=O)N2CCC(N3CCCCC3)CC2)[C@@H]1OC(=O)[C@H](C)NC(=O)OC(C)(C)C. The van der Waals surface area contributed by atoms with Gasteiger partial charge in [-0.25, -0.2) is 29.3 Å². The van der Waals surface area contributed by atoms with E-state index in [2.05, 4.69) is 25.2 Å². The lowest BCUT2D eigenvalue weighted by molar-refractivity contribution is -0.157. The molecule has 254 valence electrons. The van der Waals surface area contributed by atoms with Crippen molar-refractivity contribution in [1.82, 2.24) is 34.6 Å². The average Bonchev–Trinajstić information content (AvgIpc) is 3.59. The van der Waals surface area contributed by atoms with Crippen LogP contribution in [0.2, 0.25) is 0 Å². The maximum atomic E-state index is 13.7. The number of thioether (sulfide) groups is 1. The molecule has 2 amide bonds. The van der Waals surface area contributed by atoms with E-state index in [-0.39, 0.29) is 5.82 Å². The Bertz CT molecular complexity index is 1370. The maximum Gasteiger partial charge on any atom is 0.410 e. The van der Waals surface area contributed by atoms with Crippen LogP contribution in [0, 0.1) is 0 Å². The summed E-state index contributed by atoms with van der Waals surface area (Å²) in [5, 5.41) is 2.52. The first-order chi connectivity index (χ1) is 21.9. The predicted molar refractivity (Wildman–Crippen MR) is 171 cm³/mol. The van der Waals surface area contributed by atoms with Gasteiger partial charge in [0.15, 0.2) is 29.9 Å². The summed E-state index contributed by atoms with van der Waals surface area (Å²) in [6.07, 6.45) is 5.24. The Hall–Kier alpha value is -3.37. The highest BCUT2D eigenvalue weighted by molar-refractivity contribution is 7.98. The molecule has 0 bridgehead atoms. The monoisotopic (exact) mass is 662 g/mol. The summed E-state index contributed by atoms with van der Waals surface area (Å²) in [6.45, 7) is 10.0. The molecule has 3 aliphatic heterocycles. The molecule has 5 atom stereocenters. The molecule has 2 aromatic rings. The predicted octanol–water partition coefficient (Wildman–Crippen LogP) is 2.95. The molecule has 2 aromatic heterocycles. The highest BCUT2D eigenvalue weighted by Crippen LogP contribution is 2.37. The number of piperidine rings is 2. The minimum Gasteiger partial charge on any atom is -0.454 e. The van der Waals surface area contributed by atoms with Crippen LogP contribution < -0.4 is 11.1 Å². The lowest BCUT2D eigenvalue weighted by Gasteiger charge is -2.40. The van der Waals surface area contributed by atoms with Crippen LogP contribution in [0.1, 0.15) is 66.0 Å². The summed E-state index contributed by atoms with van der Waals surface area (Å²) in [6, 6.07) is -0.594. The molecule has 16 heteroatoms. The third kappa shape index (κ3) is 7.94. The molecule has 3 fully saturated rings. The normalized spacial score (nSPS) is 25.3. The molecule has 3 aliphatic rings. The van der Waals surface area contributed by atoms with Crippen molar-refractivity contribution in [3.63, 3.8) is 0 Å². The van der Waals surface area contributed by atoms with Gasteiger partial charge in [-0.1, -0.05) is 6.42 Å². The van der Waals surface area contributed by atoms with E-state index in [1.807, 2.05) is 6.26 Å². The molecule has 0 aromatic carbocycles. The number of nitrogens with zero attached hydrogens (tertiary/aromatic N) is 6. The number of amides is 2. The number of rotatable bonds is 8. The number of anilines is 1. The van der Waals surface area contributed by atoms with Crippen molar-refractivity contribution in [1.29, 1.82) is 0 Å². The van der Waals surface area contributed by atoms with Gasteiger partial charge in [-0.15, -0.1) is 0 Å². The number of nitrogen functional groups attached to an aromatic ring is 1. The number of nitrogens with two attached hydrogens (primary N) is 1. The average molecular weight is 663 g/mol. The van der Waals surface area contributed by atoms with Crippen molar-refractivity contribution in [3.05, 3.63) is 12.7 Å². The molecule has 5 rings (SSSR count). The van der Waals surface area contributed by atoms with E-state index >= 15 is 0 Å². The van der Waals surface area contributed by atoms with Crippen LogP contribution in [0.3, 0.4) is 0 Å². The van der Waals surface area contributed by atoms with Crippen molar-refractivity contribution in [2.75, 3.05) is 43.9 Å². The standard InChI is InChI=1S/C30H46N8O7S/c1-18(35-28(40)45-30(2,3)4)27(39)43-22-20(15-46-5)42-26(38-17-34-21-24(31)32-16-33-25(21)38)23(22)44-29(41)37-13-9-19(10-14-37)36-11-7-6-8-12-36/h16-20,22-23,26H,6-15H2,1-5H3,(H,35,40)(H2,31,32,33)/t18-,20+,22+,23+,26+/m0/s1. The quantitative estimate of drug-likeness (QED) is 0.312. The van der Waals surface area contributed by atoms with Gasteiger partial charge in [-0.05, 0) is 72.7 Å². The second-order valence-corrected chi connectivity index (χ2v) is 13.9. The minimum absolute atomic E-state index is 0.192. The molecule has 15 nitrogen and oxygen atoms in total. The number of nitrogens with one attached hydrogen (secondary N) is 1. The van der Waals surface area contributed by atoms with Crippen molar-refractivity contribution >= 4 is 46.9 Å². The number of esters is 1.